The van der Waals surface area contributed by atoms with Gasteiger partial charge in [0.05, 0.1) is 18.2 Å². The number of aromatic nitrogens is 4. The summed E-state index contributed by atoms with van der Waals surface area (Å²) >= 11 is 0. The molecule has 3 heterocycles. The Bertz CT molecular complexity index is 707. The second-order valence-corrected chi connectivity index (χ2v) is 4.35. The average molecular weight is 241 g/mol. The van der Waals surface area contributed by atoms with Gasteiger partial charge in [0, 0.05) is 12.7 Å². The van der Waals surface area contributed by atoms with Gasteiger partial charge in [-0.15, -0.1) is 0 Å². The molecule has 0 spiro atoms. The summed E-state index contributed by atoms with van der Waals surface area (Å²) in [5, 5.41) is 0. The summed E-state index contributed by atoms with van der Waals surface area (Å²) in [6.45, 7) is 4.96. The molecule has 2 N–H and O–H groups in total. The summed E-state index contributed by atoms with van der Waals surface area (Å²) in [5.41, 5.74) is 9.94. The molecule has 0 amide bonds. The van der Waals surface area contributed by atoms with Crippen LogP contribution in [0, 0.1) is 6.92 Å². The summed E-state index contributed by atoms with van der Waals surface area (Å²) in [6, 6.07) is 4.00. The molecule has 5 nitrogen and oxygen atoms in total. The monoisotopic (exact) mass is 241 g/mol. The second-order valence-electron chi connectivity index (χ2n) is 4.35. The Hall–Kier alpha value is -2.30. The molecule has 92 valence electrons. The van der Waals surface area contributed by atoms with E-state index in [1.807, 2.05) is 34.2 Å². The highest BCUT2D eigenvalue weighted by Crippen LogP contribution is 2.26. The predicted molar refractivity (Wildman–Crippen MR) is 71.2 cm³/mol. The van der Waals surface area contributed by atoms with Crippen LogP contribution in [0.3, 0.4) is 0 Å². The number of fused-ring (bicyclic) bond motifs is 1. The van der Waals surface area contributed by atoms with Gasteiger partial charge in [-0.1, -0.05) is 6.07 Å². The van der Waals surface area contributed by atoms with Crippen LogP contribution in [0.4, 0.5) is 5.82 Å². The molecule has 0 atom stereocenters. The largest absolute Gasteiger partial charge is 0.383 e. The molecule has 0 bridgehead atoms. The summed E-state index contributed by atoms with van der Waals surface area (Å²) in [6.07, 6.45) is 5.59. The fraction of sp³-hybridized carbons (Fsp3) is 0.231. The zero-order valence-corrected chi connectivity index (χ0v) is 10.5. The average Bonchev–Trinajstić information content (AvgIpc) is 2.94. The minimum absolute atomic E-state index is 0.656. The summed E-state index contributed by atoms with van der Waals surface area (Å²) in [4.78, 5) is 8.74. The molecule has 3 rings (SSSR count). The van der Waals surface area contributed by atoms with Gasteiger partial charge in [-0.05, 0) is 25.5 Å². The minimum Gasteiger partial charge on any atom is -0.383 e. The lowest BCUT2D eigenvalue weighted by atomic mass is 10.3. The van der Waals surface area contributed by atoms with Gasteiger partial charge in [0.2, 0.25) is 0 Å². The molecule has 0 aliphatic rings. The quantitative estimate of drug-likeness (QED) is 0.747. The van der Waals surface area contributed by atoms with Crippen molar-refractivity contribution in [3.8, 4) is 11.4 Å². The summed E-state index contributed by atoms with van der Waals surface area (Å²) in [5.74, 6) is 0.656. The highest BCUT2D eigenvalue weighted by molar-refractivity contribution is 5.72. The second kappa shape index (κ2) is 3.87. The first-order valence-corrected chi connectivity index (χ1v) is 5.95. The van der Waals surface area contributed by atoms with Gasteiger partial charge in [0.15, 0.2) is 0 Å². The maximum atomic E-state index is 6.18. The molecule has 18 heavy (non-hydrogen) atoms. The van der Waals surface area contributed by atoms with E-state index in [1.54, 1.807) is 12.5 Å². The van der Waals surface area contributed by atoms with Crippen LogP contribution in [0.15, 0.2) is 30.9 Å². The third kappa shape index (κ3) is 1.48. The van der Waals surface area contributed by atoms with Crippen LogP contribution < -0.4 is 5.73 Å². The fourth-order valence-corrected chi connectivity index (χ4v) is 2.13. The fourth-order valence-electron chi connectivity index (χ4n) is 2.13. The number of imidazole rings is 2. The normalized spacial score (nSPS) is 11.2. The van der Waals surface area contributed by atoms with Crippen LogP contribution in [0.1, 0.15) is 12.5 Å². The summed E-state index contributed by atoms with van der Waals surface area (Å²) < 4.78 is 3.95. The van der Waals surface area contributed by atoms with Crippen LogP contribution in [-0.4, -0.2) is 18.9 Å². The minimum atomic E-state index is 0.656. The molecule has 0 saturated carbocycles. The standard InChI is InChI=1S/C13H15N5/c1-3-17-8-15-6-10(17)12-13(14)18-7-9(2)4-5-11(18)16-12/h4-8H,3,14H2,1-2H3. The molecule has 0 fully saturated rings. The van der Waals surface area contributed by atoms with E-state index < -0.39 is 0 Å². The van der Waals surface area contributed by atoms with Gasteiger partial charge in [-0.2, -0.15) is 0 Å². The van der Waals surface area contributed by atoms with Crippen molar-refractivity contribution in [2.24, 2.45) is 0 Å². The van der Waals surface area contributed by atoms with Gasteiger partial charge in [-0.3, -0.25) is 4.40 Å². The van der Waals surface area contributed by atoms with Crippen LogP contribution in [0.5, 0.6) is 0 Å². The molecule has 0 saturated heterocycles. The van der Waals surface area contributed by atoms with Crippen LogP contribution >= 0.6 is 0 Å². The van der Waals surface area contributed by atoms with E-state index >= 15 is 0 Å². The van der Waals surface area contributed by atoms with E-state index in [9.17, 15) is 0 Å². The lowest BCUT2D eigenvalue weighted by Crippen LogP contribution is -1.98. The summed E-state index contributed by atoms with van der Waals surface area (Å²) in [7, 11) is 0. The van der Waals surface area contributed by atoms with Crippen LogP contribution in [0.25, 0.3) is 17.0 Å². The first-order valence-electron chi connectivity index (χ1n) is 5.95. The van der Waals surface area contributed by atoms with Crippen molar-refractivity contribution in [3.63, 3.8) is 0 Å². The highest BCUT2D eigenvalue weighted by atomic mass is 15.1. The van der Waals surface area contributed by atoms with E-state index in [4.69, 9.17) is 5.73 Å². The predicted octanol–water partition coefficient (Wildman–Crippen LogP) is 2.11. The Morgan fingerprint density at radius 1 is 1.33 bits per heavy atom. The Morgan fingerprint density at radius 3 is 2.94 bits per heavy atom. The third-order valence-corrected chi connectivity index (χ3v) is 3.10. The molecule has 0 radical (unpaired) electrons. The molecular weight excluding hydrogens is 226 g/mol. The lowest BCUT2D eigenvalue weighted by Gasteiger charge is -2.03. The lowest BCUT2D eigenvalue weighted by molar-refractivity contribution is 0.767. The van der Waals surface area contributed by atoms with Crippen molar-refractivity contribution < 1.29 is 0 Å². The number of anilines is 1. The van der Waals surface area contributed by atoms with Crippen molar-refractivity contribution in [2.75, 3.05) is 5.73 Å². The zero-order chi connectivity index (χ0) is 12.7. The molecule has 3 aromatic heterocycles. The maximum Gasteiger partial charge on any atom is 0.139 e. The van der Waals surface area contributed by atoms with Crippen LogP contribution in [-0.2, 0) is 6.54 Å². The van der Waals surface area contributed by atoms with Crippen molar-refractivity contribution >= 4 is 11.5 Å². The molecule has 3 aromatic rings. The van der Waals surface area contributed by atoms with E-state index in [1.165, 1.54) is 0 Å². The van der Waals surface area contributed by atoms with Gasteiger partial charge < -0.3 is 10.3 Å². The van der Waals surface area contributed by atoms with Crippen molar-refractivity contribution in [1.29, 1.82) is 0 Å². The van der Waals surface area contributed by atoms with Gasteiger partial charge in [0.1, 0.15) is 17.2 Å². The zero-order valence-electron chi connectivity index (χ0n) is 10.5. The number of pyridine rings is 1. The number of nitrogen functional groups attached to an aromatic ring is 1. The third-order valence-electron chi connectivity index (χ3n) is 3.10. The number of hydrogen-bond donors (Lipinski definition) is 1. The number of nitrogens with two attached hydrogens (primary N) is 1. The number of nitrogens with zero attached hydrogens (tertiary/aromatic N) is 4. The van der Waals surface area contributed by atoms with E-state index in [2.05, 4.69) is 16.9 Å². The number of hydrogen-bond acceptors (Lipinski definition) is 3. The Balaban J connectivity index is 2.27. The Kier molecular flexibility index (Phi) is 2.33. The van der Waals surface area contributed by atoms with E-state index in [-0.39, 0.29) is 0 Å². The molecule has 0 unspecified atom stereocenters. The maximum absolute atomic E-state index is 6.18. The SMILES string of the molecule is CCn1cncc1-c1nc2ccc(C)cn2c1N. The molecule has 0 aliphatic carbocycles. The van der Waals surface area contributed by atoms with Gasteiger partial charge in [-0.25, -0.2) is 9.97 Å². The number of rotatable bonds is 2. The number of aryl methyl sites for hydroxylation is 2. The van der Waals surface area contributed by atoms with E-state index in [0.29, 0.717) is 5.82 Å². The molecule has 5 heteroatoms. The molecule has 0 aromatic carbocycles. The topological polar surface area (TPSA) is 61.1 Å². The highest BCUT2D eigenvalue weighted by Gasteiger charge is 2.14. The molecular formula is C13H15N5. The first kappa shape index (κ1) is 10.8. The van der Waals surface area contributed by atoms with Gasteiger partial charge in [0.25, 0.3) is 0 Å². The Morgan fingerprint density at radius 2 is 2.17 bits per heavy atom. The van der Waals surface area contributed by atoms with Crippen LogP contribution in [0.2, 0.25) is 0 Å². The van der Waals surface area contributed by atoms with Gasteiger partial charge >= 0.3 is 0 Å². The van der Waals surface area contributed by atoms with Crippen molar-refractivity contribution in [3.05, 3.63) is 36.4 Å². The van der Waals surface area contributed by atoms with E-state index in [0.717, 1.165) is 29.1 Å². The van der Waals surface area contributed by atoms with Crippen molar-refractivity contribution in [2.45, 2.75) is 20.4 Å². The Labute approximate surface area is 105 Å². The smallest absolute Gasteiger partial charge is 0.139 e. The first-order chi connectivity index (χ1) is 8.70. The molecule has 0 aliphatic heterocycles. The van der Waals surface area contributed by atoms with Crippen molar-refractivity contribution in [1.82, 2.24) is 18.9 Å².